The van der Waals surface area contributed by atoms with Gasteiger partial charge in [0.2, 0.25) is 11.8 Å². The van der Waals surface area contributed by atoms with E-state index in [4.69, 9.17) is 5.11 Å². The Hall–Kier alpha value is -1.89. The van der Waals surface area contributed by atoms with Crippen LogP contribution < -0.4 is 5.32 Å². The number of carbonyl (C=O) groups excluding carboxylic acids is 2. The van der Waals surface area contributed by atoms with Gasteiger partial charge in [-0.2, -0.15) is 0 Å². The van der Waals surface area contributed by atoms with E-state index in [2.05, 4.69) is 10.2 Å². The molecule has 0 aromatic rings. The summed E-state index contributed by atoms with van der Waals surface area (Å²) in [5.41, 5.74) is 0.207. The minimum atomic E-state index is -0.994. The highest BCUT2D eigenvalue weighted by atomic mass is 16.4. The average molecular weight is 408 g/mol. The van der Waals surface area contributed by atoms with Crippen LogP contribution in [0, 0.1) is 17.8 Å². The van der Waals surface area contributed by atoms with Crippen LogP contribution in [0.5, 0.6) is 0 Å². The number of hydrogen-bond donors (Lipinski definition) is 2. The number of likely N-dealkylation sites (N-methyl/N-ethyl adjacent to an activating group) is 2. The smallest absolute Gasteiger partial charge is 0.331 e. The first-order valence-corrected chi connectivity index (χ1v) is 10.8. The molecule has 164 valence electrons. The molecule has 2 N–H and O–H groups in total. The standard InChI is InChI=1S/C22H37N3O4/c1-14(2)18(10-15(3)22(28)29)25(5)20(26)12-23-21(27)19-11-16-8-6-7-9-17(16)13-24(19)4/h10,14,16-19H,6-9,11-13H2,1-5H3,(H,23,27)(H,28,29)/t16?,17?,18-,19?/m1/s1. The van der Waals surface area contributed by atoms with Crippen LogP contribution in [0.2, 0.25) is 0 Å². The molecule has 2 aliphatic rings. The Bertz CT molecular complexity index is 646. The summed E-state index contributed by atoms with van der Waals surface area (Å²) in [6.45, 7) is 6.28. The first kappa shape index (κ1) is 23.4. The lowest BCUT2D eigenvalue weighted by Gasteiger charge is -2.44. The van der Waals surface area contributed by atoms with Crippen LogP contribution in [0.25, 0.3) is 0 Å². The molecule has 0 aromatic heterocycles. The van der Waals surface area contributed by atoms with Crippen molar-refractivity contribution in [3.8, 4) is 0 Å². The van der Waals surface area contributed by atoms with Gasteiger partial charge in [-0.3, -0.25) is 14.5 Å². The maximum atomic E-state index is 12.8. The van der Waals surface area contributed by atoms with Crippen LogP contribution in [0.1, 0.15) is 52.9 Å². The number of likely N-dealkylation sites (tertiary alicyclic amines) is 1. The highest BCUT2D eigenvalue weighted by molar-refractivity contribution is 5.88. The normalized spacial score (nSPS) is 26.6. The number of fused-ring (bicyclic) bond motifs is 1. The van der Waals surface area contributed by atoms with Crippen LogP contribution >= 0.6 is 0 Å². The molecule has 0 radical (unpaired) electrons. The summed E-state index contributed by atoms with van der Waals surface area (Å²) in [6, 6.07) is -0.515. The largest absolute Gasteiger partial charge is 0.478 e. The van der Waals surface area contributed by atoms with Crippen LogP contribution in [0.4, 0.5) is 0 Å². The molecule has 1 saturated carbocycles. The molecule has 3 unspecified atom stereocenters. The fraction of sp³-hybridized carbons (Fsp3) is 0.773. The van der Waals surface area contributed by atoms with Gasteiger partial charge < -0.3 is 15.3 Å². The van der Waals surface area contributed by atoms with Gasteiger partial charge in [-0.05, 0) is 44.6 Å². The summed E-state index contributed by atoms with van der Waals surface area (Å²) in [4.78, 5) is 40.2. The zero-order valence-corrected chi connectivity index (χ0v) is 18.5. The fourth-order valence-electron chi connectivity index (χ4n) is 4.76. The van der Waals surface area contributed by atoms with E-state index in [9.17, 15) is 14.4 Å². The van der Waals surface area contributed by atoms with Gasteiger partial charge in [0.15, 0.2) is 0 Å². The first-order chi connectivity index (χ1) is 13.6. The van der Waals surface area contributed by atoms with Crippen molar-refractivity contribution in [2.45, 2.75) is 65.0 Å². The number of carboxylic acid groups (broad SMARTS) is 1. The number of nitrogens with zero attached hydrogens (tertiary/aromatic N) is 2. The number of nitrogens with one attached hydrogen (secondary N) is 1. The maximum Gasteiger partial charge on any atom is 0.331 e. The summed E-state index contributed by atoms with van der Waals surface area (Å²) in [5.74, 6) is 0.0649. The molecule has 7 heteroatoms. The molecule has 1 heterocycles. The Kier molecular flexibility index (Phi) is 8.25. The van der Waals surface area contributed by atoms with E-state index in [1.807, 2.05) is 20.9 Å². The van der Waals surface area contributed by atoms with E-state index in [0.717, 1.165) is 13.0 Å². The van der Waals surface area contributed by atoms with Crippen LogP contribution in [-0.2, 0) is 14.4 Å². The number of carboxylic acids is 1. The molecule has 0 aromatic carbocycles. The van der Waals surface area contributed by atoms with Gasteiger partial charge >= 0.3 is 5.97 Å². The van der Waals surface area contributed by atoms with Crippen molar-refractivity contribution in [1.82, 2.24) is 15.1 Å². The third-order valence-corrected chi connectivity index (χ3v) is 6.65. The van der Waals surface area contributed by atoms with Gasteiger partial charge in [0.05, 0.1) is 18.6 Å². The second-order valence-corrected chi connectivity index (χ2v) is 9.11. The second-order valence-electron chi connectivity index (χ2n) is 9.11. The zero-order valence-electron chi connectivity index (χ0n) is 18.5. The summed E-state index contributed by atoms with van der Waals surface area (Å²) in [7, 11) is 3.65. The number of amides is 2. The quantitative estimate of drug-likeness (QED) is 0.631. The SMILES string of the molecule is CC(=C[C@H](C(C)C)N(C)C(=O)CNC(=O)C1CC2CCCCC2CN1C)C(=O)O. The number of hydrogen-bond acceptors (Lipinski definition) is 4. The monoisotopic (exact) mass is 407 g/mol. The lowest BCUT2D eigenvalue weighted by atomic mass is 9.73. The van der Waals surface area contributed by atoms with E-state index in [-0.39, 0.29) is 41.9 Å². The number of piperidine rings is 1. The Labute approximate surface area is 174 Å². The highest BCUT2D eigenvalue weighted by Crippen LogP contribution is 2.37. The fourth-order valence-corrected chi connectivity index (χ4v) is 4.76. The minimum absolute atomic E-state index is 0.0571. The predicted octanol–water partition coefficient (Wildman–Crippen LogP) is 2.13. The molecule has 29 heavy (non-hydrogen) atoms. The van der Waals surface area contributed by atoms with Crippen molar-refractivity contribution in [1.29, 1.82) is 0 Å². The number of carbonyl (C=O) groups is 3. The van der Waals surface area contributed by atoms with Crippen molar-refractivity contribution in [2.75, 3.05) is 27.2 Å². The van der Waals surface area contributed by atoms with Gasteiger partial charge in [0.25, 0.3) is 0 Å². The van der Waals surface area contributed by atoms with E-state index in [0.29, 0.717) is 11.8 Å². The third kappa shape index (κ3) is 6.04. The third-order valence-electron chi connectivity index (χ3n) is 6.65. The van der Waals surface area contributed by atoms with E-state index >= 15 is 0 Å². The molecule has 1 aliphatic heterocycles. The van der Waals surface area contributed by atoms with Crippen molar-refractivity contribution >= 4 is 17.8 Å². The Morgan fingerprint density at radius 2 is 1.83 bits per heavy atom. The topological polar surface area (TPSA) is 90.0 Å². The lowest BCUT2D eigenvalue weighted by Crippen LogP contribution is -2.54. The average Bonchev–Trinajstić information content (AvgIpc) is 2.68. The van der Waals surface area contributed by atoms with Crippen LogP contribution in [-0.4, -0.2) is 72.0 Å². The van der Waals surface area contributed by atoms with Crippen molar-refractivity contribution in [3.63, 3.8) is 0 Å². The highest BCUT2D eigenvalue weighted by Gasteiger charge is 2.38. The van der Waals surface area contributed by atoms with Gasteiger partial charge in [-0.25, -0.2) is 4.79 Å². The van der Waals surface area contributed by atoms with Crippen molar-refractivity contribution in [3.05, 3.63) is 11.6 Å². The maximum absolute atomic E-state index is 12.8. The van der Waals surface area contributed by atoms with Crippen LogP contribution in [0.15, 0.2) is 11.6 Å². The van der Waals surface area contributed by atoms with E-state index in [1.54, 1.807) is 13.1 Å². The molecule has 2 amide bonds. The predicted molar refractivity (Wildman–Crippen MR) is 112 cm³/mol. The second kappa shape index (κ2) is 10.2. The van der Waals surface area contributed by atoms with E-state index < -0.39 is 5.97 Å². The van der Waals surface area contributed by atoms with Gasteiger partial charge in [-0.1, -0.05) is 39.2 Å². The van der Waals surface area contributed by atoms with Crippen molar-refractivity contribution < 1.29 is 19.5 Å². The molecule has 2 rings (SSSR count). The van der Waals surface area contributed by atoms with Gasteiger partial charge in [0, 0.05) is 19.2 Å². The lowest BCUT2D eigenvalue weighted by molar-refractivity contribution is -0.136. The summed E-state index contributed by atoms with van der Waals surface area (Å²) in [6.07, 6.45) is 7.47. The summed E-state index contributed by atoms with van der Waals surface area (Å²) >= 11 is 0. The number of rotatable bonds is 7. The molecular weight excluding hydrogens is 370 g/mol. The summed E-state index contributed by atoms with van der Waals surface area (Å²) < 4.78 is 0. The van der Waals surface area contributed by atoms with Crippen molar-refractivity contribution in [2.24, 2.45) is 17.8 Å². The Morgan fingerprint density at radius 3 is 2.41 bits per heavy atom. The summed E-state index contributed by atoms with van der Waals surface area (Å²) in [5, 5.41) is 11.9. The molecule has 7 nitrogen and oxygen atoms in total. The molecular formula is C22H37N3O4. The van der Waals surface area contributed by atoms with E-state index in [1.165, 1.54) is 37.5 Å². The first-order valence-electron chi connectivity index (χ1n) is 10.8. The molecule has 2 fully saturated rings. The zero-order chi connectivity index (χ0) is 21.7. The molecule has 1 saturated heterocycles. The molecule has 4 atom stereocenters. The minimum Gasteiger partial charge on any atom is -0.478 e. The Balaban J connectivity index is 1.93. The molecule has 1 aliphatic carbocycles. The van der Waals surface area contributed by atoms with Gasteiger partial charge in [0.1, 0.15) is 0 Å². The Morgan fingerprint density at radius 1 is 1.21 bits per heavy atom. The molecule has 0 bridgehead atoms. The number of aliphatic carboxylic acids is 1. The molecule has 0 spiro atoms. The van der Waals surface area contributed by atoms with Crippen LogP contribution in [0.3, 0.4) is 0 Å². The van der Waals surface area contributed by atoms with Gasteiger partial charge in [-0.15, -0.1) is 0 Å².